The summed E-state index contributed by atoms with van der Waals surface area (Å²) in [5.41, 5.74) is 1.63. The number of anilines is 1. The van der Waals surface area contributed by atoms with Crippen LogP contribution < -0.4 is 5.32 Å². The number of imidazole rings is 1. The lowest BCUT2D eigenvalue weighted by Crippen LogP contribution is -2.12. The summed E-state index contributed by atoms with van der Waals surface area (Å²) in [4.78, 5) is 8.14. The highest BCUT2D eigenvalue weighted by Gasteiger charge is 2.34. The molecule has 3 heterocycles. The van der Waals surface area contributed by atoms with Crippen LogP contribution in [0.2, 0.25) is 0 Å². The molecule has 3 aromatic rings. The normalized spacial score (nSPS) is 11.8. The molecule has 0 radical (unpaired) electrons. The van der Waals surface area contributed by atoms with Gasteiger partial charge in [0.05, 0.1) is 17.8 Å². The van der Waals surface area contributed by atoms with Crippen molar-refractivity contribution in [3.8, 4) is 0 Å². The molecule has 4 nitrogen and oxygen atoms in total. The molecule has 0 fully saturated rings. The second-order valence-electron chi connectivity index (χ2n) is 4.88. The molecule has 3 aromatic heterocycles. The number of nitrogens with zero attached hydrogens (tertiary/aromatic N) is 3. The molecule has 0 aliphatic carbocycles. The van der Waals surface area contributed by atoms with Crippen LogP contribution in [0.1, 0.15) is 17.0 Å². The van der Waals surface area contributed by atoms with Gasteiger partial charge in [0.1, 0.15) is 11.5 Å². The van der Waals surface area contributed by atoms with E-state index in [1.807, 2.05) is 29.5 Å². The van der Waals surface area contributed by atoms with E-state index in [4.69, 9.17) is 0 Å². The van der Waals surface area contributed by atoms with E-state index in [0.29, 0.717) is 5.69 Å². The summed E-state index contributed by atoms with van der Waals surface area (Å²) in [5, 5.41) is 2.71. The molecule has 3 rings (SSSR count). The fourth-order valence-corrected chi connectivity index (χ4v) is 2.23. The maximum Gasteiger partial charge on any atom is 0.419 e. The van der Waals surface area contributed by atoms with Crippen molar-refractivity contribution < 1.29 is 13.2 Å². The number of fused-ring (bicyclic) bond motifs is 1. The first kappa shape index (κ1) is 14.4. The lowest BCUT2D eigenvalue weighted by Gasteiger charge is -2.12. The molecule has 0 spiro atoms. The van der Waals surface area contributed by atoms with Gasteiger partial charge < -0.3 is 9.72 Å². The summed E-state index contributed by atoms with van der Waals surface area (Å²) < 4.78 is 40.6. The van der Waals surface area contributed by atoms with Crippen LogP contribution in [0.4, 0.5) is 19.0 Å². The van der Waals surface area contributed by atoms with Crippen molar-refractivity contribution >= 4 is 11.5 Å². The van der Waals surface area contributed by atoms with Crippen LogP contribution in [-0.4, -0.2) is 14.4 Å². The fourth-order valence-electron chi connectivity index (χ4n) is 2.23. The molecular weight excluding hydrogens is 293 g/mol. The quantitative estimate of drug-likeness (QED) is 0.803. The molecule has 1 N–H and O–H groups in total. The minimum absolute atomic E-state index is 0.168. The summed E-state index contributed by atoms with van der Waals surface area (Å²) in [6, 6.07) is 7.94. The molecule has 0 aromatic carbocycles. The van der Waals surface area contributed by atoms with Gasteiger partial charge in [-0.15, -0.1) is 0 Å². The highest BCUT2D eigenvalue weighted by atomic mass is 19.4. The second-order valence-corrected chi connectivity index (χ2v) is 4.88. The Morgan fingerprint density at radius 1 is 1.18 bits per heavy atom. The standard InChI is InChI=1S/C15H13F3N4/c1-10-4-2-6-13-21-11(9-22(10)13)8-20-14-12(15(16,17)18)5-3-7-19-14/h2-7,9H,8H2,1H3,(H,19,20). The van der Waals surface area contributed by atoms with Crippen molar-refractivity contribution in [2.75, 3.05) is 5.32 Å². The molecular formula is C15H13F3N4. The first-order valence-corrected chi connectivity index (χ1v) is 6.65. The number of alkyl halides is 3. The Kier molecular flexibility index (Phi) is 3.48. The van der Waals surface area contributed by atoms with Gasteiger partial charge in [-0.1, -0.05) is 6.07 Å². The van der Waals surface area contributed by atoms with Crippen molar-refractivity contribution in [1.82, 2.24) is 14.4 Å². The Morgan fingerprint density at radius 3 is 2.73 bits per heavy atom. The Labute approximate surface area is 124 Å². The Hall–Kier alpha value is -2.57. The molecule has 22 heavy (non-hydrogen) atoms. The van der Waals surface area contributed by atoms with Gasteiger partial charge in [-0.05, 0) is 31.2 Å². The summed E-state index contributed by atoms with van der Waals surface area (Å²) in [6.07, 6.45) is -1.31. The maximum absolute atomic E-state index is 12.9. The maximum atomic E-state index is 12.9. The van der Waals surface area contributed by atoms with Crippen LogP contribution in [0.5, 0.6) is 0 Å². The molecule has 0 aliphatic heterocycles. The van der Waals surface area contributed by atoms with Crippen LogP contribution in [0, 0.1) is 6.92 Å². The average molecular weight is 306 g/mol. The molecule has 0 saturated carbocycles. The number of hydrogen-bond acceptors (Lipinski definition) is 3. The van der Waals surface area contributed by atoms with Crippen LogP contribution in [-0.2, 0) is 12.7 Å². The molecule has 0 aliphatic rings. The Morgan fingerprint density at radius 2 is 2.00 bits per heavy atom. The van der Waals surface area contributed by atoms with Crippen molar-refractivity contribution in [3.05, 3.63) is 59.7 Å². The molecule has 7 heteroatoms. The number of pyridine rings is 2. The van der Waals surface area contributed by atoms with E-state index in [1.165, 1.54) is 12.3 Å². The van der Waals surface area contributed by atoms with E-state index in [2.05, 4.69) is 15.3 Å². The van der Waals surface area contributed by atoms with Gasteiger partial charge in [0.25, 0.3) is 0 Å². The SMILES string of the molecule is Cc1cccc2nc(CNc3ncccc3C(F)(F)F)cn12. The average Bonchev–Trinajstić information content (AvgIpc) is 2.89. The third-order valence-corrected chi connectivity index (χ3v) is 3.30. The van der Waals surface area contributed by atoms with Gasteiger partial charge in [-0.25, -0.2) is 9.97 Å². The van der Waals surface area contributed by atoms with E-state index in [1.54, 1.807) is 6.20 Å². The number of nitrogens with one attached hydrogen (secondary N) is 1. The smallest absolute Gasteiger partial charge is 0.364 e. The van der Waals surface area contributed by atoms with Crippen LogP contribution >= 0.6 is 0 Å². The summed E-state index contributed by atoms with van der Waals surface area (Å²) in [5.74, 6) is -0.191. The lowest BCUT2D eigenvalue weighted by molar-refractivity contribution is -0.137. The van der Waals surface area contributed by atoms with E-state index in [9.17, 15) is 13.2 Å². The highest BCUT2D eigenvalue weighted by Crippen LogP contribution is 2.33. The third-order valence-electron chi connectivity index (χ3n) is 3.30. The minimum Gasteiger partial charge on any atom is -0.364 e. The van der Waals surface area contributed by atoms with E-state index in [0.717, 1.165) is 17.4 Å². The highest BCUT2D eigenvalue weighted by molar-refractivity contribution is 5.47. The lowest BCUT2D eigenvalue weighted by atomic mass is 10.2. The molecule has 114 valence electrons. The first-order chi connectivity index (χ1) is 10.4. The van der Waals surface area contributed by atoms with E-state index < -0.39 is 11.7 Å². The van der Waals surface area contributed by atoms with Crippen molar-refractivity contribution in [2.24, 2.45) is 0 Å². The van der Waals surface area contributed by atoms with Gasteiger partial charge in [-0.2, -0.15) is 13.2 Å². The largest absolute Gasteiger partial charge is 0.419 e. The zero-order valence-corrected chi connectivity index (χ0v) is 11.7. The number of aromatic nitrogens is 3. The van der Waals surface area contributed by atoms with Gasteiger partial charge >= 0.3 is 6.18 Å². The monoisotopic (exact) mass is 306 g/mol. The summed E-state index contributed by atoms with van der Waals surface area (Å²) in [6.45, 7) is 2.10. The van der Waals surface area contributed by atoms with Gasteiger partial charge in [-0.3, -0.25) is 0 Å². The minimum atomic E-state index is -4.44. The number of rotatable bonds is 3. The zero-order valence-electron chi connectivity index (χ0n) is 11.7. The van der Waals surface area contributed by atoms with Crippen molar-refractivity contribution in [1.29, 1.82) is 0 Å². The Bertz CT molecular complexity index is 808. The van der Waals surface area contributed by atoms with Crippen molar-refractivity contribution in [3.63, 3.8) is 0 Å². The van der Waals surface area contributed by atoms with Crippen LogP contribution in [0.3, 0.4) is 0 Å². The predicted molar refractivity (Wildman–Crippen MR) is 76.5 cm³/mol. The topological polar surface area (TPSA) is 42.2 Å². The molecule has 0 amide bonds. The molecule has 0 saturated heterocycles. The number of hydrogen-bond donors (Lipinski definition) is 1. The van der Waals surface area contributed by atoms with Gasteiger partial charge in [0, 0.05) is 18.1 Å². The molecule has 0 atom stereocenters. The third kappa shape index (κ3) is 2.74. The number of halogens is 3. The van der Waals surface area contributed by atoms with Crippen molar-refractivity contribution in [2.45, 2.75) is 19.6 Å². The van der Waals surface area contributed by atoms with E-state index >= 15 is 0 Å². The Balaban J connectivity index is 1.84. The molecule has 0 unspecified atom stereocenters. The summed E-state index contributed by atoms with van der Waals surface area (Å²) >= 11 is 0. The van der Waals surface area contributed by atoms with E-state index in [-0.39, 0.29) is 12.4 Å². The van der Waals surface area contributed by atoms with Crippen LogP contribution in [0.25, 0.3) is 5.65 Å². The summed E-state index contributed by atoms with van der Waals surface area (Å²) in [7, 11) is 0. The van der Waals surface area contributed by atoms with Crippen LogP contribution in [0.15, 0.2) is 42.7 Å². The van der Waals surface area contributed by atoms with Gasteiger partial charge in [0.2, 0.25) is 0 Å². The molecule has 0 bridgehead atoms. The first-order valence-electron chi connectivity index (χ1n) is 6.65. The number of aryl methyl sites for hydroxylation is 1. The predicted octanol–water partition coefficient (Wildman–Crippen LogP) is 3.67. The van der Waals surface area contributed by atoms with Gasteiger partial charge in [0.15, 0.2) is 0 Å². The second kappa shape index (κ2) is 5.32. The zero-order chi connectivity index (χ0) is 15.7. The fraction of sp³-hybridized carbons (Fsp3) is 0.200.